The number of aryl methyl sites for hydroxylation is 1. The number of hydrogen-bond acceptors (Lipinski definition) is 1. The summed E-state index contributed by atoms with van der Waals surface area (Å²) in [4.78, 5) is 4.56. The zero-order valence-electron chi connectivity index (χ0n) is 52.8. The molecule has 0 fully saturated rings. The number of aliphatic imine (C=N–C) groups is 1. The highest BCUT2D eigenvalue weighted by atomic mass is 14.8. The van der Waals surface area contributed by atoms with Crippen LogP contribution < -0.4 is 0 Å². The van der Waals surface area contributed by atoms with Crippen molar-refractivity contribution in [2.24, 2.45) is 16.3 Å². The predicted molar refractivity (Wildman–Crippen MR) is 356 cm³/mol. The van der Waals surface area contributed by atoms with Gasteiger partial charge in [-0.3, -0.25) is 4.99 Å². The summed E-state index contributed by atoms with van der Waals surface area (Å²) in [5, 5.41) is 0. The lowest BCUT2D eigenvalue weighted by Gasteiger charge is -2.45. The Bertz CT molecular complexity index is 2740. The molecule has 0 amide bonds. The Morgan fingerprint density at radius 3 is 1.92 bits per heavy atom. The minimum absolute atomic E-state index is 0.217. The largest absolute Gasteiger partial charge is 0.287 e. The van der Waals surface area contributed by atoms with Gasteiger partial charge in [-0.2, -0.15) is 0 Å². The molecular weight excluding hydrogens is 939 g/mol. The summed E-state index contributed by atoms with van der Waals surface area (Å²) < 4.78 is 0. The Morgan fingerprint density at radius 1 is 0.705 bits per heavy atom. The number of nitrogens with zero attached hydrogens (tertiary/aromatic N) is 1. The van der Waals surface area contributed by atoms with Crippen LogP contribution in [0.15, 0.2) is 187 Å². The molecule has 0 saturated carbocycles. The molecule has 0 radical (unpaired) electrons. The highest BCUT2D eigenvalue weighted by Gasteiger charge is 2.43. The topological polar surface area (TPSA) is 12.4 Å². The van der Waals surface area contributed by atoms with E-state index in [1.807, 2.05) is 66.7 Å². The lowest BCUT2D eigenvalue weighted by molar-refractivity contribution is 0.224. The highest BCUT2D eigenvalue weighted by Crippen LogP contribution is 2.55. The Kier molecular flexibility index (Phi) is 32.2. The molecule has 0 bridgehead atoms. The first-order chi connectivity index (χ1) is 37.7. The van der Waals surface area contributed by atoms with E-state index in [4.69, 9.17) is 0 Å². The number of benzene rings is 5. The van der Waals surface area contributed by atoms with E-state index >= 15 is 0 Å². The summed E-state index contributed by atoms with van der Waals surface area (Å²) in [5.74, 6) is 1.77. The molecule has 5 aromatic carbocycles. The van der Waals surface area contributed by atoms with Crippen molar-refractivity contribution in [3.05, 3.63) is 227 Å². The van der Waals surface area contributed by atoms with Crippen LogP contribution in [0.3, 0.4) is 0 Å². The van der Waals surface area contributed by atoms with E-state index in [0.29, 0.717) is 23.8 Å². The van der Waals surface area contributed by atoms with E-state index in [9.17, 15) is 0 Å². The van der Waals surface area contributed by atoms with Crippen LogP contribution in [0.25, 0.3) is 33.4 Å². The lowest BCUT2D eigenvalue weighted by atomic mass is 9.59. The van der Waals surface area contributed by atoms with Crippen molar-refractivity contribution in [3.8, 4) is 22.3 Å². The molecule has 2 aliphatic rings. The summed E-state index contributed by atoms with van der Waals surface area (Å²) in [7, 11) is 0. The quantitative estimate of drug-likeness (QED) is 0.0597. The smallest absolute Gasteiger partial charge is 0.0446 e. The Morgan fingerprint density at radius 2 is 1.35 bits per heavy atom. The average Bonchev–Trinajstić information content (AvgIpc) is 3.69. The summed E-state index contributed by atoms with van der Waals surface area (Å²) in [6.45, 7) is 44.8. The van der Waals surface area contributed by atoms with Gasteiger partial charge in [-0.25, -0.2) is 0 Å². The lowest BCUT2D eigenvalue weighted by Crippen LogP contribution is -2.34. The number of rotatable bonds is 14. The Hall–Kier alpha value is -6.05. The molecule has 0 spiro atoms. The molecule has 1 nitrogen and oxygen atoms in total. The van der Waals surface area contributed by atoms with E-state index in [2.05, 4.69) is 246 Å². The van der Waals surface area contributed by atoms with Gasteiger partial charge in [0.2, 0.25) is 0 Å². The van der Waals surface area contributed by atoms with Crippen molar-refractivity contribution in [2.45, 2.75) is 201 Å². The third-order valence-corrected chi connectivity index (χ3v) is 15.5. The van der Waals surface area contributed by atoms with Crippen molar-refractivity contribution in [2.75, 3.05) is 0 Å². The third-order valence-electron chi connectivity index (χ3n) is 15.5. The zero-order valence-corrected chi connectivity index (χ0v) is 52.8. The molecule has 4 atom stereocenters. The summed E-state index contributed by atoms with van der Waals surface area (Å²) >= 11 is 0. The molecule has 0 N–H and O–H groups in total. The minimum Gasteiger partial charge on any atom is -0.287 e. The van der Waals surface area contributed by atoms with Crippen molar-refractivity contribution in [1.29, 1.82) is 0 Å². The van der Waals surface area contributed by atoms with Gasteiger partial charge >= 0.3 is 0 Å². The first-order valence-electron chi connectivity index (χ1n) is 30.4. The summed E-state index contributed by atoms with van der Waals surface area (Å²) in [5.41, 5.74) is 21.8. The Labute approximate surface area is 480 Å². The van der Waals surface area contributed by atoms with Gasteiger partial charge in [-0.05, 0) is 202 Å². The van der Waals surface area contributed by atoms with Crippen molar-refractivity contribution in [3.63, 3.8) is 0 Å². The summed E-state index contributed by atoms with van der Waals surface area (Å²) in [6.07, 6.45) is 32.0. The average molecular weight is 1050 g/mol. The normalized spacial score (nSPS) is 17.8. The monoisotopic (exact) mass is 1050 g/mol. The van der Waals surface area contributed by atoms with Gasteiger partial charge in [-0.15, -0.1) is 0 Å². The van der Waals surface area contributed by atoms with Crippen LogP contribution in [0.5, 0.6) is 0 Å². The maximum atomic E-state index is 4.56. The predicted octanol–water partition coefficient (Wildman–Crippen LogP) is 24.2. The van der Waals surface area contributed by atoms with Crippen LogP contribution in [0.1, 0.15) is 218 Å². The Balaban J connectivity index is 0.000000391. The van der Waals surface area contributed by atoms with Crippen molar-refractivity contribution in [1.82, 2.24) is 0 Å². The van der Waals surface area contributed by atoms with Gasteiger partial charge in [0.1, 0.15) is 0 Å². The van der Waals surface area contributed by atoms with Crippen LogP contribution in [-0.2, 0) is 0 Å². The molecule has 0 aliphatic heterocycles. The van der Waals surface area contributed by atoms with Crippen LogP contribution in [0, 0.1) is 32.1 Å². The minimum atomic E-state index is 0.217. The molecule has 0 saturated heterocycles. The molecule has 0 heterocycles. The molecule has 5 aromatic rings. The van der Waals surface area contributed by atoms with E-state index in [-0.39, 0.29) is 5.41 Å². The fraction of sp³-hybridized carbons (Fsp3) is 0.416. The third kappa shape index (κ3) is 19.4. The summed E-state index contributed by atoms with van der Waals surface area (Å²) in [6, 6.07) is 40.3. The van der Waals surface area contributed by atoms with Gasteiger partial charge in [0, 0.05) is 17.2 Å². The number of hydrogen-bond donors (Lipinski definition) is 0. The number of allylic oxidation sites excluding steroid dienone is 13. The first kappa shape index (κ1) is 68.1. The van der Waals surface area contributed by atoms with Crippen LogP contribution >= 0.6 is 0 Å². The second kappa shape index (κ2) is 36.9. The molecule has 1 heteroatoms. The van der Waals surface area contributed by atoms with Crippen LogP contribution in [0.2, 0.25) is 0 Å². The molecule has 7 rings (SSSR count). The molecule has 3 unspecified atom stereocenters. The second-order valence-electron chi connectivity index (χ2n) is 20.7. The maximum absolute atomic E-state index is 4.56. The van der Waals surface area contributed by atoms with Gasteiger partial charge in [0.15, 0.2) is 0 Å². The van der Waals surface area contributed by atoms with E-state index in [0.717, 1.165) is 17.7 Å². The zero-order chi connectivity index (χ0) is 58.2. The molecule has 0 aromatic heterocycles. The van der Waals surface area contributed by atoms with E-state index < -0.39 is 0 Å². The fourth-order valence-electron chi connectivity index (χ4n) is 10.7. The van der Waals surface area contributed by atoms with Gasteiger partial charge in [0.05, 0.1) is 0 Å². The van der Waals surface area contributed by atoms with Gasteiger partial charge in [0.25, 0.3) is 0 Å². The standard InChI is InChI=1S/C30H38.C23H28.C18H23N.3C2H6/c1-21-13-9-11-17-26(21)27-19-20-28(24(4)23(27)3)29-18-12-10-14-22(2)30(29,5)25-15-7-6-8-16-25;1-5-9-19(10-6-2)20-13-15-21(16-14-20)23-12-8-11-22(17-23)18(4)7-3;1-6-8-9-16(7-2)18-12-10-17(11-13-18)15(5)19-14(3)4;3*1-2/h9-11,13-15,17,19-20,22,29H,6-8,12,16,18H2,1-5H3;5,8-18H,6-7H2,1-4H3;6-14H,2H2,1,3-5H3;3*1-2H3/b;9-5-,19-10+;8-6-,16-9+,19-15?;;;/t22?,29?,30-;;;;;/m0...../s1. The van der Waals surface area contributed by atoms with Crippen molar-refractivity contribution < 1.29 is 0 Å². The second-order valence-corrected chi connectivity index (χ2v) is 20.7. The van der Waals surface area contributed by atoms with E-state index in [1.54, 1.807) is 11.1 Å². The SMILES string of the molecule is C/C=C\C(=C/CC)c1ccc(-c2cccc(C(C)CC)c2)cc1.C=C/C(=C\C=C/C)c1ccc(C(C)=NC(C)C)cc1.CC.CC.CC.Cc1ccccc1-c1ccc(C2CCC=CC(C)[C@@]2(C)C2=CCCCC2)c(C)c1C. The maximum Gasteiger partial charge on any atom is 0.0446 e. The van der Waals surface area contributed by atoms with Gasteiger partial charge in [-0.1, -0.05) is 258 Å². The molecule has 2 aliphatic carbocycles. The van der Waals surface area contributed by atoms with Crippen LogP contribution in [-0.4, -0.2) is 11.8 Å². The van der Waals surface area contributed by atoms with E-state index in [1.165, 1.54) is 112 Å². The van der Waals surface area contributed by atoms with Crippen LogP contribution in [0.4, 0.5) is 0 Å². The molecule has 420 valence electrons. The van der Waals surface area contributed by atoms with Gasteiger partial charge < -0.3 is 0 Å². The first-order valence-corrected chi connectivity index (χ1v) is 30.4. The highest BCUT2D eigenvalue weighted by molar-refractivity contribution is 5.99. The molecular formula is C77H107N. The van der Waals surface area contributed by atoms with Crippen molar-refractivity contribution >= 4 is 16.9 Å². The fourth-order valence-corrected chi connectivity index (χ4v) is 10.7. The molecule has 78 heavy (non-hydrogen) atoms.